The molecule has 3 nitrogen and oxygen atoms in total. The highest BCUT2D eigenvalue weighted by Gasteiger charge is 2.25. The zero-order chi connectivity index (χ0) is 14.6. The van der Waals surface area contributed by atoms with Gasteiger partial charge in [0.2, 0.25) is 0 Å². The summed E-state index contributed by atoms with van der Waals surface area (Å²) in [5.41, 5.74) is 8.07. The minimum Gasteiger partial charge on any atom is -0.245 e. The fraction of sp³-hybridized carbons (Fsp3) is 0.176. The molecule has 2 heterocycles. The van der Waals surface area contributed by atoms with Gasteiger partial charge in [0.05, 0.1) is 35.4 Å². The molecule has 0 radical (unpaired) electrons. The third-order valence-corrected chi connectivity index (χ3v) is 5.03. The quantitative estimate of drug-likeness (QED) is 0.492. The lowest BCUT2D eigenvalue weighted by atomic mass is 10.1. The first-order valence-corrected chi connectivity index (χ1v) is 7.83. The number of aromatic nitrogens is 3. The van der Waals surface area contributed by atoms with Crippen molar-refractivity contribution >= 4 is 32.6 Å². The van der Waals surface area contributed by atoms with Gasteiger partial charge >= 0.3 is 0 Å². The van der Waals surface area contributed by atoms with Gasteiger partial charge in [0, 0.05) is 0 Å². The summed E-state index contributed by atoms with van der Waals surface area (Å²) in [6.45, 7) is 2.17. The molecule has 0 aliphatic heterocycles. The topological polar surface area (TPSA) is 21.7 Å². The van der Waals surface area contributed by atoms with Crippen LogP contribution in [0.15, 0.2) is 41.9 Å². The molecule has 2 aromatic heterocycles. The number of para-hydroxylation sites is 2. The molecule has 4 rings (SSSR count). The molecule has 0 N–H and O–H groups in total. The van der Waals surface area contributed by atoms with Crippen LogP contribution in [0, 0.1) is 6.92 Å². The van der Waals surface area contributed by atoms with Gasteiger partial charge in [0.25, 0.3) is 5.82 Å². The average Bonchev–Trinajstić information content (AvgIpc) is 3.06. The molecule has 0 amide bonds. The number of benzene rings is 2. The Bertz CT molecular complexity index is 939. The lowest BCUT2D eigenvalue weighted by molar-refractivity contribution is -0.634. The molecule has 104 valence electrons. The summed E-state index contributed by atoms with van der Waals surface area (Å²) in [5, 5.41) is 0. The van der Waals surface area contributed by atoms with Crippen LogP contribution >= 0.6 is 11.3 Å². The molecule has 21 heavy (non-hydrogen) atoms. The second-order valence-corrected chi connectivity index (χ2v) is 6.24. The van der Waals surface area contributed by atoms with Gasteiger partial charge in [-0.2, -0.15) is 0 Å². The van der Waals surface area contributed by atoms with E-state index in [2.05, 4.69) is 71.5 Å². The molecule has 0 aliphatic carbocycles. The van der Waals surface area contributed by atoms with Crippen molar-refractivity contribution in [3.8, 4) is 11.4 Å². The van der Waals surface area contributed by atoms with Crippen LogP contribution < -0.4 is 4.57 Å². The van der Waals surface area contributed by atoms with Gasteiger partial charge in [0.15, 0.2) is 11.0 Å². The molecule has 0 fully saturated rings. The van der Waals surface area contributed by atoms with Gasteiger partial charge < -0.3 is 0 Å². The number of imidazole rings is 1. The van der Waals surface area contributed by atoms with E-state index in [1.807, 2.05) is 5.51 Å². The van der Waals surface area contributed by atoms with Crippen molar-refractivity contribution in [2.45, 2.75) is 6.92 Å². The van der Waals surface area contributed by atoms with Crippen molar-refractivity contribution < 1.29 is 4.57 Å². The van der Waals surface area contributed by atoms with Crippen molar-refractivity contribution in [2.75, 3.05) is 0 Å². The normalized spacial score (nSPS) is 11.6. The van der Waals surface area contributed by atoms with Crippen molar-refractivity contribution in [3.05, 3.63) is 47.5 Å². The summed E-state index contributed by atoms with van der Waals surface area (Å²) in [6.07, 6.45) is 0. The summed E-state index contributed by atoms with van der Waals surface area (Å²) in [7, 11) is 4.27. The molecule has 4 heteroatoms. The number of fused-ring (bicyclic) bond motifs is 2. The highest BCUT2D eigenvalue weighted by atomic mass is 32.1. The summed E-state index contributed by atoms with van der Waals surface area (Å²) in [4.78, 5) is 4.46. The first-order valence-electron chi connectivity index (χ1n) is 6.95. The monoisotopic (exact) mass is 294 g/mol. The molecular weight excluding hydrogens is 278 g/mol. The number of thiazole rings is 1. The highest BCUT2D eigenvalue weighted by Crippen LogP contribution is 2.33. The van der Waals surface area contributed by atoms with Gasteiger partial charge in [-0.15, -0.1) is 11.3 Å². The van der Waals surface area contributed by atoms with Crippen molar-refractivity contribution in [1.82, 2.24) is 9.55 Å². The van der Waals surface area contributed by atoms with E-state index in [1.165, 1.54) is 32.7 Å². The van der Waals surface area contributed by atoms with E-state index < -0.39 is 0 Å². The standard InChI is InChI=1S/C17H16N3S/c1-11-8-9-12-16(21-10-18-12)15(11)17-19(2)13-6-4-5-7-14(13)20(17)3/h4-10H,1-3H3/q+1. The van der Waals surface area contributed by atoms with Crippen LogP contribution in [0.3, 0.4) is 0 Å². The molecule has 4 aromatic rings. The molecule has 0 saturated heterocycles. The molecule has 2 aromatic carbocycles. The lowest BCUT2D eigenvalue weighted by Crippen LogP contribution is -2.30. The third-order valence-electron chi connectivity index (χ3n) is 4.17. The first-order chi connectivity index (χ1) is 10.2. The zero-order valence-corrected chi connectivity index (χ0v) is 13.1. The Labute approximate surface area is 127 Å². The fourth-order valence-corrected chi connectivity index (χ4v) is 4.01. The maximum absolute atomic E-state index is 4.46. The summed E-state index contributed by atoms with van der Waals surface area (Å²) < 4.78 is 5.81. The Kier molecular flexibility index (Phi) is 2.62. The number of rotatable bonds is 1. The van der Waals surface area contributed by atoms with E-state index in [0.717, 1.165) is 5.52 Å². The second kappa shape index (κ2) is 4.40. The van der Waals surface area contributed by atoms with Crippen molar-refractivity contribution in [2.24, 2.45) is 14.1 Å². The minimum atomic E-state index is 1.07. The highest BCUT2D eigenvalue weighted by molar-refractivity contribution is 7.17. The van der Waals surface area contributed by atoms with Gasteiger partial charge in [-0.3, -0.25) is 0 Å². The summed E-state index contributed by atoms with van der Waals surface area (Å²) in [6, 6.07) is 12.8. The van der Waals surface area contributed by atoms with Crippen LogP contribution in [0.2, 0.25) is 0 Å². The van der Waals surface area contributed by atoms with E-state index in [9.17, 15) is 0 Å². The Morgan fingerprint density at radius 1 is 1.14 bits per heavy atom. The molecule has 0 spiro atoms. The lowest BCUT2D eigenvalue weighted by Gasteiger charge is -2.04. The van der Waals surface area contributed by atoms with E-state index in [-0.39, 0.29) is 0 Å². The number of aryl methyl sites for hydroxylation is 3. The van der Waals surface area contributed by atoms with Crippen LogP contribution in [0.5, 0.6) is 0 Å². The Morgan fingerprint density at radius 2 is 1.95 bits per heavy atom. The SMILES string of the molecule is Cc1ccc2ncsc2c1-c1n(C)c2ccccc2[n+]1C. The summed E-state index contributed by atoms with van der Waals surface area (Å²) >= 11 is 1.71. The first kappa shape index (κ1) is 12.5. The number of nitrogens with zero attached hydrogens (tertiary/aromatic N) is 3. The molecule has 0 atom stereocenters. The smallest absolute Gasteiger partial charge is 0.245 e. The largest absolute Gasteiger partial charge is 0.291 e. The average molecular weight is 294 g/mol. The summed E-state index contributed by atoms with van der Waals surface area (Å²) in [5.74, 6) is 1.23. The predicted octanol–water partition coefficient (Wildman–Crippen LogP) is 3.59. The van der Waals surface area contributed by atoms with Gasteiger partial charge in [0.1, 0.15) is 0 Å². The predicted molar refractivity (Wildman–Crippen MR) is 87.4 cm³/mol. The Balaban J connectivity index is 2.19. The van der Waals surface area contributed by atoms with Gasteiger partial charge in [-0.05, 0) is 30.7 Å². The van der Waals surface area contributed by atoms with Crippen molar-refractivity contribution in [1.29, 1.82) is 0 Å². The van der Waals surface area contributed by atoms with Crippen molar-refractivity contribution in [3.63, 3.8) is 0 Å². The van der Waals surface area contributed by atoms with Crippen LogP contribution in [-0.2, 0) is 14.1 Å². The van der Waals surface area contributed by atoms with Crippen LogP contribution in [0.25, 0.3) is 32.6 Å². The fourth-order valence-electron chi connectivity index (χ4n) is 3.12. The molecule has 0 unspecified atom stereocenters. The van der Waals surface area contributed by atoms with E-state index in [1.54, 1.807) is 11.3 Å². The molecular formula is C17H16N3S+. The van der Waals surface area contributed by atoms with Crippen LogP contribution in [0.4, 0.5) is 0 Å². The number of hydrogen-bond acceptors (Lipinski definition) is 2. The minimum absolute atomic E-state index is 1.07. The maximum Gasteiger partial charge on any atom is 0.291 e. The van der Waals surface area contributed by atoms with Gasteiger partial charge in [-0.25, -0.2) is 14.1 Å². The Morgan fingerprint density at radius 3 is 2.76 bits per heavy atom. The number of hydrogen-bond donors (Lipinski definition) is 0. The van der Waals surface area contributed by atoms with Crippen LogP contribution in [0.1, 0.15) is 5.56 Å². The zero-order valence-electron chi connectivity index (χ0n) is 12.3. The van der Waals surface area contributed by atoms with E-state index in [4.69, 9.17) is 0 Å². The molecule has 0 aliphatic rings. The Hall–Kier alpha value is -2.20. The second-order valence-electron chi connectivity index (χ2n) is 5.39. The maximum atomic E-state index is 4.46. The van der Waals surface area contributed by atoms with Gasteiger partial charge in [-0.1, -0.05) is 18.2 Å². The van der Waals surface area contributed by atoms with E-state index >= 15 is 0 Å². The van der Waals surface area contributed by atoms with E-state index in [0.29, 0.717) is 0 Å². The third kappa shape index (κ3) is 1.66. The molecule has 0 saturated carbocycles. The molecule has 0 bridgehead atoms. The van der Waals surface area contributed by atoms with Crippen LogP contribution in [-0.4, -0.2) is 9.55 Å².